The van der Waals surface area contributed by atoms with Gasteiger partial charge in [0.15, 0.2) is 0 Å². The van der Waals surface area contributed by atoms with Gasteiger partial charge in [0.25, 0.3) is 0 Å². The third kappa shape index (κ3) is 4.63. The van der Waals surface area contributed by atoms with Gasteiger partial charge in [0.2, 0.25) is 0 Å². The number of benzene rings is 4. The smallest absolute Gasteiger partial charge is 0.141 e. The van der Waals surface area contributed by atoms with Crippen LogP contribution >= 0.6 is 15.9 Å². The maximum Gasteiger partial charge on any atom is 0.141 e. The van der Waals surface area contributed by atoms with Gasteiger partial charge in [0.1, 0.15) is 12.1 Å². The van der Waals surface area contributed by atoms with Crippen LogP contribution in [0.1, 0.15) is 5.56 Å². The van der Waals surface area contributed by atoms with Crippen LogP contribution in [0.2, 0.25) is 0 Å². The molecule has 5 heteroatoms. The Morgan fingerprint density at radius 3 is 2.31 bits per heavy atom. The average molecular weight is 481 g/mol. The topological polar surface area (TPSA) is 49.8 Å². The van der Waals surface area contributed by atoms with Gasteiger partial charge in [-0.1, -0.05) is 76.6 Å². The molecule has 156 valence electrons. The highest BCUT2D eigenvalue weighted by atomic mass is 79.9. The van der Waals surface area contributed by atoms with Gasteiger partial charge in [0.05, 0.1) is 5.52 Å². The summed E-state index contributed by atoms with van der Waals surface area (Å²) in [6, 6.07) is 33.3. The monoisotopic (exact) mass is 480 g/mol. The van der Waals surface area contributed by atoms with Gasteiger partial charge in [-0.05, 0) is 53.1 Å². The van der Waals surface area contributed by atoms with Crippen molar-refractivity contribution in [3.8, 4) is 11.1 Å². The molecule has 4 nitrogen and oxygen atoms in total. The number of fused-ring (bicyclic) bond motifs is 1. The third-order valence-corrected chi connectivity index (χ3v) is 5.77. The van der Waals surface area contributed by atoms with Crippen LogP contribution < -0.4 is 10.6 Å². The third-order valence-electron chi connectivity index (χ3n) is 5.28. The van der Waals surface area contributed by atoms with Gasteiger partial charge in [-0.25, -0.2) is 9.97 Å². The lowest BCUT2D eigenvalue weighted by atomic mass is 10.0. The standard InChI is InChI=1S/C27H21BrN4/c28-22-7-4-8-24(15-22)32-27-25-16-23(13-14-26(25)30-18-31-27)29-17-19-9-11-21(12-10-19)20-5-2-1-3-6-20/h1-16,18,29H,17H2,(H,30,31,32). The van der Waals surface area contributed by atoms with Crippen LogP contribution in [-0.2, 0) is 6.54 Å². The molecule has 0 aliphatic heterocycles. The van der Waals surface area contributed by atoms with Gasteiger partial charge in [-0.3, -0.25) is 0 Å². The zero-order valence-electron chi connectivity index (χ0n) is 17.3. The van der Waals surface area contributed by atoms with Crippen LogP contribution in [-0.4, -0.2) is 9.97 Å². The van der Waals surface area contributed by atoms with Crippen molar-refractivity contribution in [3.05, 3.63) is 113 Å². The first-order valence-electron chi connectivity index (χ1n) is 10.4. The number of rotatable bonds is 6. The molecule has 0 unspecified atom stereocenters. The molecule has 0 aliphatic rings. The van der Waals surface area contributed by atoms with Crippen molar-refractivity contribution in [1.29, 1.82) is 0 Å². The molecule has 0 bridgehead atoms. The molecule has 0 saturated heterocycles. The average Bonchev–Trinajstić information content (AvgIpc) is 2.84. The summed E-state index contributed by atoms with van der Waals surface area (Å²) in [5.74, 6) is 0.781. The largest absolute Gasteiger partial charge is 0.381 e. The Morgan fingerprint density at radius 2 is 1.50 bits per heavy atom. The molecule has 0 spiro atoms. The van der Waals surface area contributed by atoms with Crippen LogP contribution in [0.5, 0.6) is 0 Å². The maximum atomic E-state index is 4.46. The lowest BCUT2D eigenvalue weighted by Gasteiger charge is -2.11. The first kappa shape index (κ1) is 20.2. The lowest BCUT2D eigenvalue weighted by Crippen LogP contribution is -2.00. The predicted octanol–water partition coefficient (Wildman–Crippen LogP) is 7.42. The summed E-state index contributed by atoms with van der Waals surface area (Å²) >= 11 is 3.51. The normalized spacial score (nSPS) is 10.8. The van der Waals surface area contributed by atoms with Crippen LogP contribution in [0.4, 0.5) is 17.2 Å². The molecule has 0 saturated carbocycles. The minimum absolute atomic E-state index is 0.739. The lowest BCUT2D eigenvalue weighted by molar-refractivity contribution is 1.15. The Bertz CT molecular complexity index is 1350. The minimum Gasteiger partial charge on any atom is -0.381 e. The number of aromatic nitrogens is 2. The van der Waals surface area contributed by atoms with E-state index in [0.29, 0.717) is 0 Å². The summed E-state index contributed by atoms with van der Waals surface area (Å²) in [5.41, 5.74) is 6.57. The summed E-state index contributed by atoms with van der Waals surface area (Å²) < 4.78 is 1.02. The van der Waals surface area contributed by atoms with Gasteiger partial charge >= 0.3 is 0 Å². The first-order chi connectivity index (χ1) is 15.7. The number of hydrogen-bond acceptors (Lipinski definition) is 4. The van der Waals surface area contributed by atoms with Crippen LogP contribution in [0.25, 0.3) is 22.0 Å². The molecule has 4 aromatic carbocycles. The van der Waals surface area contributed by atoms with E-state index >= 15 is 0 Å². The molecular weight excluding hydrogens is 460 g/mol. The predicted molar refractivity (Wildman–Crippen MR) is 136 cm³/mol. The molecule has 0 amide bonds. The number of anilines is 3. The molecule has 0 radical (unpaired) electrons. The van der Waals surface area contributed by atoms with Gasteiger partial charge in [0, 0.05) is 27.8 Å². The van der Waals surface area contributed by atoms with Crippen molar-refractivity contribution in [2.24, 2.45) is 0 Å². The zero-order valence-corrected chi connectivity index (χ0v) is 18.9. The molecule has 0 atom stereocenters. The number of nitrogens with zero attached hydrogens (tertiary/aromatic N) is 2. The number of hydrogen-bond donors (Lipinski definition) is 2. The van der Waals surface area contributed by atoms with E-state index in [0.717, 1.165) is 39.1 Å². The van der Waals surface area contributed by atoms with Crippen molar-refractivity contribution in [2.75, 3.05) is 10.6 Å². The van der Waals surface area contributed by atoms with Crippen LogP contribution in [0.3, 0.4) is 0 Å². The summed E-state index contributed by atoms with van der Waals surface area (Å²) in [6.45, 7) is 0.739. The number of nitrogens with one attached hydrogen (secondary N) is 2. The minimum atomic E-state index is 0.739. The molecule has 1 heterocycles. The Balaban J connectivity index is 1.33. The van der Waals surface area contributed by atoms with Crippen molar-refractivity contribution < 1.29 is 0 Å². The van der Waals surface area contributed by atoms with E-state index in [4.69, 9.17) is 0 Å². The molecule has 2 N–H and O–H groups in total. The molecule has 1 aromatic heterocycles. The first-order valence-corrected chi connectivity index (χ1v) is 11.2. The fourth-order valence-electron chi connectivity index (χ4n) is 3.62. The highest BCUT2D eigenvalue weighted by Gasteiger charge is 2.06. The van der Waals surface area contributed by atoms with Gasteiger partial charge in [-0.2, -0.15) is 0 Å². The van der Waals surface area contributed by atoms with Crippen molar-refractivity contribution in [3.63, 3.8) is 0 Å². The van der Waals surface area contributed by atoms with Crippen molar-refractivity contribution in [1.82, 2.24) is 9.97 Å². The molecule has 32 heavy (non-hydrogen) atoms. The van der Waals surface area contributed by atoms with E-state index in [1.165, 1.54) is 16.7 Å². The highest BCUT2D eigenvalue weighted by molar-refractivity contribution is 9.10. The quantitative estimate of drug-likeness (QED) is 0.265. The Labute approximate surface area is 195 Å². The maximum absolute atomic E-state index is 4.46. The van der Waals surface area contributed by atoms with E-state index in [-0.39, 0.29) is 0 Å². The van der Waals surface area contributed by atoms with E-state index < -0.39 is 0 Å². The van der Waals surface area contributed by atoms with Crippen LogP contribution in [0, 0.1) is 0 Å². The van der Waals surface area contributed by atoms with Crippen molar-refractivity contribution >= 4 is 44.0 Å². The SMILES string of the molecule is Brc1cccc(Nc2ncnc3ccc(NCc4ccc(-c5ccccc5)cc4)cc23)c1. The second kappa shape index (κ2) is 9.20. The fraction of sp³-hybridized carbons (Fsp3) is 0.0370. The fourth-order valence-corrected chi connectivity index (χ4v) is 4.02. The Hall–Kier alpha value is -3.70. The number of halogens is 1. The van der Waals surface area contributed by atoms with Crippen molar-refractivity contribution in [2.45, 2.75) is 6.54 Å². The molecule has 5 rings (SSSR count). The summed E-state index contributed by atoms with van der Waals surface area (Å²) in [7, 11) is 0. The summed E-state index contributed by atoms with van der Waals surface area (Å²) in [6.07, 6.45) is 1.59. The van der Waals surface area contributed by atoms with E-state index in [2.05, 4.69) is 97.2 Å². The van der Waals surface area contributed by atoms with Crippen LogP contribution in [0.15, 0.2) is 108 Å². The summed E-state index contributed by atoms with van der Waals surface area (Å²) in [5, 5.41) is 7.89. The zero-order chi connectivity index (χ0) is 21.8. The Kier molecular flexibility index (Phi) is 5.81. The molecular formula is C27H21BrN4. The van der Waals surface area contributed by atoms with Gasteiger partial charge in [-0.15, -0.1) is 0 Å². The van der Waals surface area contributed by atoms with Gasteiger partial charge < -0.3 is 10.6 Å². The highest BCUT2D eigenvalue weighted by Crippen LogP contribution is 2.27. The van der Waals surface area contributed by atoms with E-state index in [1.54, 1.807) is 6.33 Å². The summed E-state index contributed by atoms with van der Waals surface area (Å²) in [4.78, 5) is 8.88. The Morgan fingerprint density at radius 1 is 0.688 bits per heavy atom. The molecule has 5 aromatic rings. The molecule has 0 fully saturated rings. The molecule has 0 aliphatic carbocycles. The second-order valence-corrected chi connectivity index (χ2v) is 8.42. The van der Waals surface area contributed by atoms with E-state index in [9.17, 15) is 0 Å². The van der Waals surface area contributed by atoms with E-state index in [1.807, 2.05) is 36.4 Å². The second-order valence-electron chi connectivity index (χ2n) is 7.51.